The molecule has 1 rings (SSSR count). The molecular weight excluding hydrogens is 204 g/mol. The van der Waals surface area contributed by atoms with Gasteiger partial charge in [0.2, 0.25) is 0 Å². The second-order valence-corrected chi connectivity index (χ2v) is 5.10. The van der Waals surface area contributed by atoms with Crippen LogP contribution in [0.5, 0.6) is 0 Å². The molecule has 1 atom stereocenters. The molecule has 0 fully saturated rings. The van der Waals surface area contributed by atoms with Crippen molar-refractivity contribution in [2.75, 3.05) is 13.1 Å². The van der Waals surface area contributed by atoms with Gasteiger partial charge in [0.25, 0.3) is 0 Å². The highest BCUT2D eigenvalue weighted by molar-refractivity contribution is 7.09. The largest absolute Gasteiger partial charge is 0.328 e. The van der Waals surface area contributed by atoms with Crippen molar-refractivity contribution in [2.45, 2.75) is 39.3 Å². The summed E-state index contributed by atoms with van der Waals surface area (Å²) in [6.45, 7) is 7.68. The van der Waals surface area contributed by atoms with Crippen LogP contribution in [0.25, 0.3) is 0 Å². The molecule has 2 nitrogen and oxygen atoms in total. The van der Waals surface area contributed by atoms with Gasteiger partial charge in [0, 0.05) is 17.5 Å². The first kappa shape index (κ1) is 12.7. The van der Waals surface area contributed by atoms with Crippen LogP contribution in [0.3, 0.4) is 0 Å². The van der Waals surface area contributed by atoms with Gasteiger partial charge in [0.05, 0.1) is 0 Å². The molecule has 0 saturated heterocycles. The maximum absolute atomic E-state index is 5.74. The van der Waals surface area contributed by atoms with E-state index in [1.807, 2.05) is 11.3 Å². The summed E-state index contributed by atoms with van der Waals surface area (Å²) in [5, 5.41) is 2.14. The minimum atomic E-state index is 0.338. The second kappa shape index (κ2) is 6.99. The zero-order valence-corrected chi connectivity index (χ0v) is 10.6. The Hall–Kier alpha value is -0.380. The van der Waals surface area contributed by atoms with E-state index in [1.54, 1.807) is 0 Å². The van der Waals surface area contributed by atoms with E-state index >= 15 is 0 Å². The van der Waals surface area contributed by atoms with Gasteiger partial charge in [0.15, 0.2) is 0 Å². The van der Waals surface area contributed by atoms with Crippen molar-refractivity contribution in [2.24, 2.45) is 5.73 Å². The molecule has 2 N–H and O–H groups in total. The molecule has 1 aromatic rings. The summed E-state index contributed by atoms with van der Waals surface area (Å²) in [6, 6.07) is 4.67. The maximum atomic E-state index is 5.74. The monoisotopic (exact) mass is 226 g/mol. The Labute approximate surface area is 97.1 Å². The Balaban J connectivity index is 2.24. The van der Waals surface area contributed by atoms with Gasteiger partial charge >= 0.3 is 0 Å². The highest BCUT2D eigenvalue weighted by Crippen LogP contribution is 2.12. The van der Waals surface area contributed by atoms with Crippen molar-refractivity contribution < 1.29 is 0 Å². The van der Waals surface area contributed by atoms with Gasteiger partial charge in [-0.2, -0.15) is 0 Å². The van der Waals surface area contributed by atoms with Crippen molar-refractivity contribution in [1.29, 1.82) is 0 Å². The fraction of sp³-hybridized carbons (Fsp3) is 0.667. The van der Waals surface area contributed by atoms with Gasteiger partial charge in [-0.3, -0.25) is 4.90 Å². The summed E-state index contributed by atoms with van der Waals surface area (Å²) in [5.41, 5.74) is 5.74. The van der Waals surface area contributed by atoms with Crippen molar-refractivity contribution >= 4 is 11.3 Å². The lowest BCUT2D eigenvalue weighted by atomic mass is 10.2. The van der Waals surface area contributed by atoms with E-state index in [4.69, 9.17) is 5.73 Å². The van der Waals surface area contributed by atoms with Gasteiger partial charge in [0.1, 0.15) is 0 Å². The molecule has 86 valence electrons. The highest BCUT2D eigenvalue weighted by atomic mass is 32.1. The second-order valence-electron chi connectivity index (χ2n) is 4.07. The molecule has 0 aromatic carbocycles. The third kappa shape index (κ3) is 5.30. The zero-order chi connectivity index (χ0) is 11.1. The average Bonchev–Trinajstić information content (AvgIpc) is 2.68. The molecule has 0 bridgehead atoms. The van der Waals surface area contributed by atoms with Gasteiger partial charge in [-0.05, 0) is 44.3 Å². The predicted octanol–water partition coefficient (Wildman–Crippen LogP) is 2.70. The molecule has 0 aliphatic carbocycles. The minimum Gasteiger partial charge on any atom is -0.328 e. The Morgan fingerprint density at radius 2 is 2.33 bits per heavy atom. The van der Waals surface area contributed by atoms with E-state index < -0.39 is 0 Å². The van der Waals surface area contributed by atoms with Crippen molar-refractivity contribution in [3.8, 4) is 0 Å². The smallest absolute Gasteiger partial charge is 0.0327 e. The molecule has 3 heteroatoms. The summed E-state index contributed by atoms with van der Waals surface area (Å²) in [6.07, 6.45) is 2.33. The lowest BCUT2D eigenvalue weighted by molar-refractivity contribution is 0.274. The van der Waals surface area contributed by atoms with Crippen LogP contribution in [0.4, 0.5) is 0 Å². The van der Waals surface area contributed by atoms with Crippen molar-refractivity contribution in [3.63, 3.8) is 0 Å². The first-order valence-electron chi connectivity index (χ1n) is 5.72. The first-order valence-corrected chi connectivity index (χ1v) is 6.60. The average molecular weight is 226 g/mol. The molecule has 0 amide bonds. The van der Waals surface area contributed by atoms with E-state index in [9.17, 15) is 0 Å². The summed E-state index contributed by atoms with van der Waals surface area (Å²) in [5.74, 6) is 0. The zero-order valence-electron chi connectivity index (χ0n) is 9.78. The Morgan fingerprint density at radius 1 is 1.53 bits per heavy atom. The molecule has 0 saturated carbocycles. The fourth-order valence-electron chi connectivity index (χ4n) is 1.61. The standard InChI is InChI=1S/C12H22N2S/c1-3-14(8-4-6-11(2)13)10-12-7-5-9-15-12/h5,7,9,11H,3-4,6,8,10,13H2,1-2H3. The van der Waals surface area contributed by atoms with Gasteiger partial charge in [-0.1, -0.05) is 13.0 Å². The molecular formula is C12H22N2S. The quantitative estimate of drug-likeness (QED) is 0.774. The summed E-state index contributed by atoms with van der Waals surface area (Å²) >= 11 is 1.84. The first-order chi connectivity index (χ1) is 7.22. The van der Waals surface area contributed by atoms with Crippen LogP contribution in [0.1, 0.15) is 31.6 Å². The molecule has 1 unspecified atom stereocenters. The number of hydrogen-bond acceptors (Lipinski definition) is 3. The van der Waals surface area contributed by atoms with Crippen LogP contribution in [0.15, 0.2) is 17.5 Å². The topological polar surface area (TPSA) is 29.3 Å². The number of nitrogens with two attached hydrogens (primary N) is 1. The predicted molar refractivity (Wildman–Crippen MR) is 68.2 cm³/mol. The number of nitrogens with zero attached hydrogens (tertiary/aromatic N) is 1. The number of thiophene rings is 1. The Kier molecular flexibility index (Phi) is 5.91. The van der Waals surface area contributed by atoms with E-state index in [2.05, 4.69) is 36.3 Å². The van der Waals surface area contributed by atoms with Crippen LogP contribution in [0.2, 0.25) is 0 Å². The number of hydrogen-bond donors (Lipinski definition) is 1. The third-order valence-corrected chi connectivity index (χ3v) is 3.40. The Morgan fingerprint density at radius 3 is 2.87 bits per heavy atom. The van der Waals surface area contributed by atoms with E-state index in [0.717, 1.165) is 26.1 Å². The van der Waals surface area contributed by atoms with E-state index in [-0.39, 0.29) is 0 Å². The lowest BCUT2D eigenvalue weighted by Crippen LogP contribution is -2.25. The summed E-state index contributed by atoms with van der Waals surface area (Å²) in [4.78, 5) is 3.94. The van der Waals surface area contributed by atoms with Crippen LogP contribution in [-0.4, -0.2) is 24.0 Å². The molecule has 0 radical (unpaired) electrons. The van der Waals surface area contributed by atoms with Crippen LogP contribution in [0, 0.1) is 0 Å². The van der Waals surface area contributed by atoms with Gasteiger partial charge < -0.3 is 5.73 Å². The Bertz CT molecular complexity index is 244. The molecule has 0 spiro atoms. The SMILES string of the molecule is CCN(CCCC(C)N)Cc1cccs1. The van der Waals surface area contributed by atoms with Gasteiger partial charge in [-0.25, -0.2) is 0 Å². The number of rotatable bonds is 7. The van der Waals surface area contributed by atoms with Crippen molar-refractivity contribution in [3.05, 3.63) is 22.4 Å². The van der Waals surface area contributed by atoms with E-state index in [0.29, 0.717) is 6.04 Å². The van der Waals surface area contributed by atoms with Crippen LogP contribution in [-0.2, 0) is 6.54 Å². The normalized spacial score (nSPS) is 13.3. The summed E-state index contributed by atoms with van der Waals surface area (Å²) < 4.78 is 0. The molecule has 1 aromatic heterocycles. The molecule has 1 heterocycles. The van der Waals surface area contributed by atoms with Crippen LogP contribution >= 0.6 is 11.3 Å². The van der Waals surface area contributed by atoms with Crippen LogP contribution < -0.4 is 5.73 Å². The molecule has 0 aliphatic rings. The lowest BCUT2D eigenvalue weighted by Gasteiger charge is -2.19. The third-order valence-electron chi connectivity index (χ3n) is 2.54. The highest BCUT2D eigenvalue weighted by Gasteiger charge is 2.04. The van der Waals surface area contributed by atoms with E-state index in [1.165, 1.54) is 11.3 Å². The molecule has 15 heavy (non-hydrogen) atoms. The fourth-order valence-corrected chi connectivity index (χ4v) is 2.35. The van der Waals surface area contributed by atoms with Gasteiger partial charge in [-0.15, -0.1) is 11.3 Å². The maximum Gasteiger partial charge on any atom is 0.0327 e. The van der Waals surface area contributed by atoms with Crippen molar-refractivity contribution in [1.82, 2.24) is 4.90 Å². The molecule has 0 aliphatic heterocycles. The minimum absolute atomic E-state index is 0.338. The summed E-state index contributed by atoms with van der Waals surface area (Å²) in [7, 11) is 0.